The minimum atomic E-state index is -0.647. The first kappa shape index (κ1) is 27.5. The highest BCUT2D eigenvalue weighted by atomic mass is 16.5. The van der Waals surface area contributed by atoms with Crippen molar-refractivity contribution in [2.45, 2.75) is 58.9 Å². The predicted octanol–water partition coefficient (Wildman–Crippen LogP) is 5.45. The fraction of sp³-hybridized carbons (Fsp3) is 0.467. The van der Waals surface area contributed by atoms with Gasteiger partial charge >= 0.3 is 0 Å². The van der Waals surface area contributed by atoms with Gasteiger partial charge in [-0.05, 0) is 80.7 Å². The van der Waals surface area contributed by atoms with Gasteiger partial charge in [-0.3, -0.25) is 9.59 Å². The molecule has 6 nitrogen and oxygen atoms in total. The molecule has 0 aliphatic carbocycles. The average Bonchev–Trinajstić information content (AvgIpc) is 3.07. The van der Waals surface area contributed by atoms with Crippen molar-refractivity contribution < 1.29 is 19.4 Å². The molecule has 1 aliphatic heterocycles. The van der Waals surface area contributed by atoms with Gasteiger partial charge in [0.15, 0.2) is 0 Å². The number of carbonyl (C=O) groups excluding carboxylic acids is 2. The van der Waals surface area contributed by atoms with Crippen LogP contribution in [0.15, 0.2) is 48.0 Å². The number of aliphatic hydroxyl groups excluding tert-OH is 1. The quantitative estimate of drug-likeness (QED) is 0.286. The maximum absolute atomic E-state index is 13.3. The first-order valence-corrected chi connectivity index (χ1v) is 12.7. The molecule has 0 spiro atoms. The minimum Gasteiger partial charge on any atom is -0.507 e. The van der Waals surface area contributed by atoms with Crippen molar-refractivity contribution in [3.63, 3.8) is 0 Å². The van der Waals surface area contributed by atoms with Crippen molar-refractivity contribution in [1.82, 2.24) is 9.80 Å². The molecule has 1 heterocycles. The molecular formula is C30H40N2O4. The summed E-state index contributed by atoms with van der Waals surface area (Å²) in [6.07, 6.45) is 1.62. The number of aliphatic hydroxyl groups is 1. The maximum atomic E-state index is 13.3. The highest BCUT2D eigenvalue weighted by molar-refractivity contribution is 6.46. The average molecular weight is 493 g/mol. The lowest BCUT2D eigenvalue weighted by Crippen LogP contribution is -2.32. The third kappa shape index (κ3) is 5.98. The van der Waals surface area contributed by atoms with Gasteiger partial charge in [-0.1, -0.05) is 52.0 Å². The second-order valence-corrected chi connectivity index (χ2v) is 10.9. The second kappa shape index (κ2) is 11.3. The Labute approximate surface area is 215 Å². The topological polar surface area (TPSA) is 70.1 Å². The van der Waals surface area contributed by atoms with Crippen LogP contribution < -0.4 is 4.74 Å². The van der Waals surface area contributed by atoms with Gasteiger partial charge in [-0.25, -0.2) is 0 Å². The summed E-state index contributed by atoms with van der Waals surface area (Å²) in [6, 6.07) is 12.7. The molecule has 6 heteroatoms. The molecular weight excluding hydrogens is 452 g/mol. The van der Waals surface area contributed by atoms with Crippen molar-refractivity contribution in [2.75, 3.05) is 33.8 Å². The number of ether oxygens (including phenoxy) is 1. The van der Waals surface area contributed by atoms with Crippen LogP contribution in [0.2, 0.25) is 0 Å². The zero-order valence-electron chi connectivity index (χ0n) is 22.7. The molecule has 1 atom stereocenters. The Bertz CT molecular complexity index is 1130. The van der Waals surface area contributed by atoms with Gasteiger partial charge in [-0.15, -0.1) is 0 Å². The van der Waals surface area contributed by atoms with Gasteiger partial charge < -0.3 is 19.6 Å². The highest BCUT2D eigenvalue weighted by Crippen LogP contribution is 2.40. The second-order valence-electron chi connectivity index (χ2n) is 10.9. The summed E-state index contributed by atoms with van der Waals surface area (Å²) < 4.78 is 5.76. The molecule has 194 valence electrons. The number of amides is 1. The Kier molecular flexibility index (Phi) is 8.62. The van der Waals surface area contributed by atoms with Crippen LogP contribution >= 0.6 is 0 Å². The molecule has 0 unspecified atom stereocenters. The van der Waals surface area contributed by atoms with Gasteiger partial charge in [0.05, 0.1) is 18.2 Å². The number of benzene rings is 2. The van der Waals surface area contributed by atoms with Gasteiger partial charge in [0.25, 0.3) is 11.7 Å². The molecule has 0 radical (unpaired) electrons. The standard InChI is InChI=1S/C30H40N2O4/c1-8-18-36-24-15-12-22(19-20(24)2)27(33)25-26(21-10-13-23(14-11-21)30(3,4)5)32(29(35)28(25)34)17-9-16-31(6)7/h10-15,19,26,33H,8-9,16-18H2,1-7H3/t26-/m0/s1. The van der Waals surface area contributed by atoms with Crippen LogP contribution in [0.3, 0.4) is 0 Å². The summed E-state index contributed by atoms with van der Waals surface area (Å²) in [7, 11) is 3.96. The Hall–Kier alpha value is -3.12. The van der Waals surface area contributed by atoms with E-state index in [4.69, 9.17) is 4.74 Å². The van der Waals surface area contributed by atoms with E-state index in [1.54, 1.807) is 23.1 Å². The summed E-state index contributed by atoms with van der Waals surface area (Å²) in [5, 5.41) is 11.4. The lowest BCUT2D eigenvalue weighted by atomic mass is 9.85. The molecule has 2 aromatic rings. The van der Waals surface area contributed by atoms with Gasteiger partial charge in [0.1, 0.15) is 11.5 Å². The molecule has 1 saturated heterocycles. The molecule has 1 aliphatic rings. The van der Waals surface area contributed by atoms with E-state index in [0.29, 0.717) is 18.7 Å². The number of nitrogens with zero attached hydrogens (tertiary/aromatic N) is 2. The van der Waals surface area contributed by atoms with Gasteiger partial charge in [-0.2, -0.15) is 0 Å². The fourth-order valence-corrected chi connectivity index (χ4v) is 4.51. The summed E-state index contributed by atoms with van der Waals surface area (Å²) in [5.41, 5.74) is 3.44. The lowest BCUT2D eigenvalue weighted by Gasteiger charge is -2.27. The Balaban J connectivity index is 2.08. The Morgan fingerprint density at radius 3 is 2.31 bits per heavy atom. The first-order valence-electron chi connectivity index (χ1n) is 12.7. The van der Waals surface area contributed by atoms with Crippen molar-refractivity contribution >= 4 is 17.4 Å². The number of Topliss-reactive ketones (excluding diaryl/α,β-unsaturated/α-hetero) is 1. The number of likely N-dealkylation sites (tertiary alicyclic amines) is 1. The normalized spacial score (nSPS) is 17.8. The van der Waals surface area contributed by atoms with E-state index in [1.165, 1.54) is 0 Å². The summed E-state index contributed by atoms with van der Waals surface area (Å²) in [5.74, 6) is -0.628. The van der Waals surface area contributed by atoms with E-state index in [-0.39, 0.29) is 16.7 Å². The van der Waals surface area contributed by atoms with Crippen LogP contribution in [-0.4, -0.2) is 60.4 Å². The molecule has 1 amide bonds. The van der Waals surface area contributed by atoms with E-state index in [1.807, 2.05) is 52.2 Å². The van der Waals surface area contributed by atoms with E-state index in [2.05, 4.69) is 25.7 Å². The molecule has 36 heavy (non-hydrogen) atoms. The highest BCUT2D eigenvalue weighted by Gasteiger charge is 2.45. The van der Waals surface area contributed by atoms with Gasteiger partial charge in [0.2, 0.25) is 0 Å². The molecule has 0 saturated carbocycles. The number of hydrogen-bond acceptors (Lipinski definition) is 5. The van der Waals surface area contributed by atoms with E-state index < -0.39 is 17.7 Å². The summed E-state index contributed by atoms with van der Waals surface area (Å²) in [6.45, 7) is 12.2. The molecule has 0 bridgehead atoms. The largest absolute Gasteiger partial charge is 0.507 e. The molecule has 3 rings (SSSR count). The van der Waals surface area contributed by atoms with E-state index >= 15 is 0 Å². The number of carbonyl (C=O) groups is 2. The SMILES string of the molecule is CCCOc1ccc(C(O)=C2C(=O)C(=O)N(CCCN(C)C)[C@H]2c2ccc(C(C)(C)C)cc2)cc1C. The number of rotatable bonds is 9. The molecule has 0 aromatic heterocycles. The molecule has 1 fully saturated rings. The molecule has 1 N–H and O–H groups in total. The molecule has 2 aromatic carbocycles. The Morgan fingerprint density at radius 1 is 1.08 bits per heavy atom. The lowest BCUT2D eigenvalue weighted by molar-refractivity contribution is -0.139. The summed E-state index contributed by atoms with van der Waals surface area (Å²) >= 11 is 0. The third-order valence-corrected chi connectivity index (χ3v) is 6.55. The smallest absolute Gasteiger partial charge is 0.295 e. The maximum Gasteiger partial charge on any atom is 0.295 e. The van der Waals surface area contributed by atoms with Crippen LogP contribution in [-0.2, 0) is 15.0 Å². The minimum absolute atomic E-state index is 0.0226. The van der Waals surface area contributed by atoms with Crippen molar-refractivity contribution in [1.29, 1.82) is 0 Å². The fourth-order valence-electron chi connectivity index (χ4n) is 4.51. The Morgan fingerprint density at radius 2 is 1.75 bits per heavy atom. The van der Waals surface area contributed by atoms with Crippen molar-refractivity contribution in [3.8, 4) is 5.75 Å². The van der Waals surface area contributed by atoms with Crippen LogP contribution in [0.5, 0.6) is 5.75 Å². The van der Waals surface area contributed by atoms with Crippen LogP contribution in [0.25, 0.3) is 5.76 Å². The van der Waals surface area contributed by atoms with Crippen LogP contribution in [0.1, 0.15) is 68.8 Å². The van der Waals surface area contributed by atoms with Crippen molar-refractivity contribution in [3.05, 3.63) is 70.3 Å². The monoisotopic (exact) mass is 492 g/mol. The van der Waals surface area contributed by atoms with Crippen molar-refractivity contribution in [2.24, 2.45) is 0 Å². The third-order valence-electron chi connectivity index (χ3n) is 6.55. The predicted molar refractivity (Wildman–Crippen MR) is 144 cm³/mol. The van der Waals surface area contributed by atoms with Crippen LogP contribution in [0, 0.1) is 6.92 Å². The van der Waals surface area contributed by atoms with E-state index in [9.17, 15) is 14.7 Å². The van der Waals surface area contributed by atoms with Crippen LogP contribution in [0.4, 0.5) is 0 Å². The van der Waals surface area contributed by atoms with Gasteiger partial charge in [0, 0.05) is 12.1 Å². The first-order chi connectivity index (χ1) is 17.0. The zero-order valence-corrected chi connectivity index (χ0v) is 22.7. The summed E-state index contributed by atoms with van der Waals surface area (Å²) in [4.78, 5) is 30.1. The number of ketones is 1. The zero-order chi connectivity index (χ0) is 26.6. The number of aryl methyl sites for hydroxylation is 1. The van der Waals surface area contributed by atoms with E-state index in [0.717, 1.165) is 41.8 Å². The number of hydrogen-bond donors (Lipinski definition) is 1.